The summed E-state index contributed by atoms with van der Waals surface area (Å²) in [7, 11) is 0. The smallest absolute Gasteiger partial charge is 0.413 e. The lowest BCUT2D eigenvalue weighted by atomic mass is 9.93. The van der Waals surface area contributed by atoms with Gasteiger partial charge in [0, 0.05) is 39.3 Å². The number of fused-ring (bicyclic) bond motifs is 2. The maximum atomic E-state index is 12.5. The molecule has 2 aromatic carbocycles. The SMILES string of the molecule is CC(=O)OC(C)(C)OC(=O)N1C[C@H]2C[C@@]2(c2ccc3ccccc3c2)C1. The van der Waals surface area contributed by atoms with Crippen LogP contribution in [0.2, 0.25) is 0 Å². The topological polar surface area (TPSA) is 55.8 Å². The van der Waals surface area contributed by atoms with Crippen LogP contribution < -0.4 is 0 Å². The summed E-state index contributed by atoms with van der Waals surface area (Å²) in [5.41, 5.74) is 1.32. The molecule has 1 saturated carbocycles. The van der Waals surface area contributed by atoms with E-state index in [1.54, 1.807) is 18.7 Å². The third-order valence-corrected chi connectivity index (χ3v) is 5.45. The lowest BCUT2D eigenvalue weighted by Crippen LogP contribution is -2.41. The van der Waals surface area contributed by atoms with E-state index in [-0.39, 0.29) is 5.41 Å². The number of nitrogens with zero attached hydrogens (tertiary/aromatic N) is 1. The van der Waals surface area contributed by atoms with Gasteiger partial charge in [0.25, 0.3) is 5.79 Å². The van der Waals surface area contributed by atoms with Gasteiger partial charge in [-0.05, 0) is 28.7 Å². The second kappa shape index (κ2) is 5.73. The molecule has 0 radical (unpaired) electrons. The second-order valence-corrected chi connectivity index (χ2v) is 7.86. The minimum Gasteiger partial charge on any atom is -0.423 e. The summed E-state index contributed by atoms with van der Waals surface area (Å²) in [6.07, 6.45) is 0.672. The molecule has 136 valence electrons. The minimum absolute atomic E-state index is 0.0363. The molecule has 0 aromatic heterocycles. The van der Waals surface area contributed by atoms with Gasteiger partial charge >= 0.3 is 12.1 Å². The Labute approximate surface area is 152 Å². The summed E-state index contributed by atoms with van der Waals surface area (Å²) in [5.74, 6) is -1.26. The number of benzene rings is 2. The number of amides is 1. The summed E-state index contributed by atoms with van der Waals surface area (Å²) < 4.78 is 10.5. The van der Waals surface area contributed by atoms with Gasteiger partial charge in [-0.2, -0.15) is 0 Å². The van der Waals surface area contributed by atoms with Crippen molar-refractivity contribution >= 4 is 22.8 Å². The third-order valence-electron chi connectivity index (χ3n) is 5.45. The van der Waals surface area contributed by atoms with Gasteiger partial charge in [0.1, 0.15) is 0 Å². The number of hydrogen-bond donors (Lipinski definition) is 0. The van der Waals surface area contributed by atoms with Crippen LogP contribution in [0.5, 0.6) is 0 Å². The predicted molar refractivity (Wildman–Crippen MR) is 97.6 cm³/mol. The van der Waals surface area contributed by atoms with Crippen molar-refractivity contribution in [3.63, 3.8) is 0 Å². The maximum Gasteiger partial charge on any atom is 0.413 e. The highest BCUT2D eigenvalue weighted by Crippen LogP contribution is 2.59. The molecule has 4 rings (SSSR count). The van der Waals surface area contributed by atoms with Crippen LogP contribution in [0.25, 0.3) is 10.8 Å². The van der Waals surface area contributed by atoms with Gasteiger partial charge in [-0.1, -0.05) is 42.5 Å². The molecule has 2 fully saturated rings. The fourth-order valence-electron chi connectivity index (χ4n) is 4.21. The van der Waals surface area contributed by atoms with Crippen molar-refractivity contribution in [2.75, 3.05) is 13.1 Å². The van der Waals surface area contributed by atoms with Crippen molar-refractivity contribution in [2.45, 2.75) is 38.4 Å². The van der Waals surface area contributed by atoms with Gasteiger partial charge in [-0.25, -0.2) is 4.79 Å². The van der Waals surface area contributed by atoms with Crippen LogP contribution in [0, 0.1) is 5.92 Å². The van der Waals surface area contributed by atoms with Gasteiger partial charge in [0.15, 0.2) is 0 Å². The molecule has 1 aliphatic carbocycles. The summed E-state index contributed by atoms with van der Waals surface area (Å²) in [6, 6.07) is 14.9. The largest absolute Gasteiger partial charge is 0.423 e. The number of hydrogen-bond acceptors (Lipinski definition) is 4. The molecular formula is C21H23NO4. The zero-order chi connectivity index (χ0) is 18.5. The van der Waals surface area contributed by atoms with E-state index in [9.17, 15) is 9.59 Å². The second-order valence-electron chi connectivity index (χ2n) is 7.86. The molecule has 2 atom stereocenters. The number of likely N-dealkylation sites (tertiary alicyclic amines) is 1. The zero-order valence-electron chi connectivity index (χ0n) is 15.3. The van der Waals surface area contributed by atoms with Crippen molar-refractivity contribution in [1.29, 1.82) is 0 Å². The van der Waals surface area contributed by atoms with Crippen molar-refractivity contribution in [1.82, 2.24) is 4.90 Å². The maximum absolute atomic E-state index is 12.5. The van der Waals surface area contributed by atoms with Gasteiger partial charge in [-0.3, -0.25) is 4.79 Å². The standard InChI is InChI=1S/C21H23NO4/c1-14(23)25-20(2,3)26-19(24)22-12-18-11-21(18,13-22)17-9-8-15-6-4-5-7-16(15)10-17/h4-10,18H,11-13H2,1-3H3/t18-,21+/m1/s1. The van der Waals surface area contributed by atoms with Crippen molar-refractivity contribution in [2.24, 2.45) is 5.92 Å². The Kier molecular flexibility index (Phi) is 3.72. The number of esters is 1. The summed E-state index contributed by atoms with van der Waals surface area (Å²) in [5, 5.41) is 2.45. The highest BCUT2D eigenvalue weighted by atomic mass is 16.7. The van der Waals surface area contributed by atoms with Crippen LogP contribution in [0.3, 0.4) is 0 Å². The average Bonchev–Trinajstić information content (AvgIpc) is 3.14. The van der Waals surface area contributed by atoms with Gasteiger partial charge in [0.05, 0.1) is 0 Å². The van der Waals surface area contributed by atoms with Gasteiger partial charge in [0.2, 0.25) is 0 Å². The summed E-state index contributed by atoms with van der Waals surface area (Å²) in [6.45, 7) is 5.77. The summed E-state index contributed by atoms with van der Waals surface area (Å²) in [4.78, 5) is 25.4. The molecule has 1 amide bonds. The molecule has 2 aliphatic rings. The summed E-state index contributed by atoms with van der Waals surface area (Å²) >= 11 is 0. The molecule has 26 heavy (non-hydrogen) atoms. The van der Waals surface area contributed by atoms with Crippen LogP contribution in [0.15, 0.2) is 42.5 Å². The van der Waals surface area contributed by atoms with Crippen LogP contribution in [0.4, 0.5) is 4.79 Å². The molecule has 5 nitrogen and oxygen atoms in total. The number of piperidine rings is 1. The van der Waals surface area contributed by atoms with E-state index in [1.165, 1.54) is 23.3 Å². The monoisotopic (exact) mass is 353 g/mol. The lowest BCUT2D eigenvalue weighted by Gasteiger charge is -2.28. The van der Waals surface area contributed by atoms with Crippen LogP contribution in [-0.2, 0) is 19.7 Å². The molecule has 2 aromatic rings. The fraction of sp³-hybridized carbons (Fsp3) is 0.429. The first-order chi connectivity index (χ1) is 12.3. The molecule has 0 bridgehead atoms. The van der Waals surface area contributed by atoms with Crippen molar-refractivity contribution in [3.05, 3.63) is 48.0 Å². The van der Waals surface area contributed by atoms with E-state index in [0.29, 0.717) is 19.0 Å². The predicted octanol–water partition coefficient (Wildman–Crippen LogP) is 3.85. The quantitative estimate of drug-likeness (QED) is 0.621. The van der Waals surface area contributed by atoms with E-state index in [0.717, 1.165) is 6.42 Å². The highest BCUT2D eigenvalue weighted by molar-refractivity contribution is 5.83. The first kappa shape index (κ1) is 16.9. The van der Waals surface area contributed by atoms with E-state index in [4.69, 9.17) is 9.47 Å². The van der Waals surface area contributed by atoms with Gasteiger partial charge in [-0.15, -0.1) is 0 Å². The number of rotatable bonds is 3. The average molecular weight is 353 g/mol. The Morgan fingerprint density at radius 2 is 1.85 bits per heavy atom. The molecule has 0 N–H and O–H groups in total. The van der Waals surface area contributed by atoms with E-state index in [1.807, 2.05) is 12.1 Å². The Morgan fingerprint density at radius 1 is 1.12 bits per heavy atom. The molecule has 0 spiro atoms. The molecule has 1 saturated heterocycles. The fourth-order valence-corrected chi connectivity index (χ4v) is 4.21. The van der Waals surface area contributed by atoms with Crippen LogP contribution >= 0.6 is 0 Å². The first-order valence-electron chi connectivity index (χ1n) is 8.96. The molecule has 1 heterocycles. The number of carbonyl (C=O) groups excluding carboxylic acids is 2. The first-order valence-corrected chi connectivity index (χ1v) is 8.96. The third kappa shape index (κ3) is 2.91. The minimum atomic E-state index is -1.26. The zero-order valence-corrected chi connectivity index (χ0v) is 15.3. The molecule has 0 unspecified atom stereocenters. The Balaban J connectivity index is 1.49. The Hall–Kier alpha value is -2.56. The van der Waals surface area contributed by atoms with Crippen molar-refractivity contribution < 1.29 is 19.1 Å². The highest BCUT2D eigenvalue weighted by Gasteiger charge is 2.62. The van der Waals surface area contributed by atoms with Crippen LogP contribution in [0.1, 0.15) is 32.8 Å². The van der Waals surface area contributed by atoms with Gasteiger partial charge < -0.3 is 14.4 Å². The molecule has 5 heteroatoms. The lowest BCUT2D eigenvalue weighted by molar-refractivity contribution is -0.194. The Bertz CT molecular complexity index is 890. The number of ether oxygens (including phenoxy) is 2. The number of carbonyl (C=O) groups is 2. The van der Waals surface area contributed by atoms with E-state index < -0.39 is 17.8 Å². The van der Waals surface area contributed by atoms with Crippen LogP contribution in [-0.4, -0.2) is 35.8 Å². The normalized spacial score (nSPS) is 24.3. The molecular weight excluding hydrogens is 330 g/mol. The molecule has 1 aliphatic heterocycles. The van der Waals surface area contributed by atoms with Crippen molar-refractivity contribution in [3.8, 4) is 0 Å². The van der Waals surface area contributed by atoms with E-state index >= 15 is 0 Å². The van der Waals surface area contributed by atoms with E-state index in [2.05, 4.69) is 30.3 Å². The Morgan fingerprint density at radius 3 is 2.58 bits per heavy atom.